The Morgan fingerprint density at radius 3 is 2.19 bits per heavy atom. The normalized spacial score (nSPS) is 28.0. The van der Waals surface area contributed by atoms with E-state index in [9.17, 15) is 9.59 Å². The maximum absolute atomic E-state index is 13.4. The molecule has 138 valence electrons. The van der Waals surface area contributed by atoms with Crippen LogP contribution < -0.4 is 4.90 Å². The molecule has 3 heterocycles. The highest BCUT2D eigenvalue weighted by molar-refractivity contribution is 6.24. The molecule has 5 rings (SSSR count). The van der Waals surface area contributed by atoms with Crippen molar-refractivity contribution in [2.75, 3.05) is 18.0 Å². The number of nitrogens with zero attached hydrogens (tertiary/aromatic N) is 3. The smallest absolute Gasteiger partial charge is 0.253 e. The second kappa shape index (κ2) is 6.29. The Morgan fingerprint density at radius 1 is 0.852 bits per heavy atom. The number of aryl methyl sites for hydroxylation is 1. The van der Waals surface area contributed by atoms with E-state index in [1.807, 2.05) is 42.5 Å². The van der Waals surface area contributed by atoms with Gasteiger partial charge in [0.15, 0.2) is 0 Å². The fourth-order valence-electron chi connectivity index (χ4n) is 4.90. The van der Waals surface area contributed by atoms with Gasteiger partial charge in [0.25, 0.3) is 5.91 Å². The molecule has 5 heteroatoms. The number of amides is 2. The van der Waals surface area contributed by atoms with Gasteiger partial charge in [-0.05, 0) is 36.1 Å². The molecule has 0 spiro atoms. The number of anilines is 1. The van der Waals surface area contributed by atoms with E-state index in [0.29, 0.717) is 5.69 Å². The van der Waals surface area contributed by atoms with Gasteiger partial charge in [0, 0.05) is 13.1 Å². The zero-order chi connectivity index (χ0) is 18.5. The van der Waals surface area contributed by atoms with Gasteiger partial charge in [-0.1, -0.05) is 49.4 Å². The summed E-state index contributed by atoms with van der Waals surface area (Å²) in [5.74, 6) is -0.497. The Labute approximate surface area is 159 Å². The number of hydrogen-bond acceptors (Lipinski definition) is 4. The Hall–Kier alpha value is -2.50. The van der Waals surface area contributed by atoms with E-state index in [0.717, 1.165) is 31.5 Å². The summed E-state index contributed by atoms with van der Waals surface area (Å²) in [7, 11) is 0. The summed E-state index contributed by atoms with van der Waals surface area (Å²) in [6, 6.07) is 17.5. The van der Waals surface area contributed by atoms with Crippen molar-refractivity contribution < 1.29 is 9.59 Å². The number of imide groups is 1. The average Bonchev–Trinajstić information content (AvgIpc) is 3.35. The monoisotopic (exact) mass is 361 g/mol. The van der Waals surface area contributed by atoms with Crippen LogP contribution in [0.5, 0.6) is 0 Å². The molecule has 3 saturated heterocycles. The van der Waals surface area contributed by atoms with E-state index < -0.39 is 0 Å². The fourth-order valence-corrected chi connectivity index (χ4v) is 4.90. The molecule has 27 heavy (non-hydrogen) atoms. The summed E-state index contributed by atoms with van der Waals surface area (Å²) < 4.78 is 0. The van der Waals surface area contributed by atoms with Gasteiger partial charge in [0.1, 0.15) is 6.04 Å². The number of carbonyl (C=O) groups excluding carboxylic acids is 2. The fraction of sp³-hybridized carbons (Fsp3) is 0.364. The van der Waals surface area contributed by atoms with Gasteiger partial charge in [0.05, 0.1) is 17.6 Å². The maximum atomic E-state index is 13.4. The molecule has 0 unspecified atom stereocenters. The highest BCUT2D eigenvalue weighted by Gasteiger charge is 2.62. The third-order valence-electron chi connectivity index (χ3n) is 6.15. The van der Waals surface area contributed by atoms with Gasteiger partial charge in [0.2, 0.25) is 5.91 Å². The molecule has 0 saturated carbocycles. The largest absolute Gasteiger partial charge is 0.274 e. The van der Waals surface area contributed by atoms with Crippen LogP contribution in [0.15, 0.2) is 54.6 Å². The second-order valence-electron chi connectivity index (χ2n) is 7.54. The number of rotatable bonds is 3. The summed E-state index contributed by atoms with van der Waals surface area (Å²) in [6.45, 7) is 3.84. The highest BCUT2D eigenvalue weighted by Crippen LogP contribution is 2.48. The first-order chi connectivity index (χ1) is 13.2. The van der Waals surface area contributed by atoms with Gasteiger partial charge in [-0.3, -0.25) is 9.59 Å². The van der Waals surface area contributed by atoms with Crippen molar-refractivity contribution in [1.82, 2.24) is 10.0 Å². The molecule has 3 fully saturated rings. The number of hydrogen-bond donors (Lipinski definition) is 0. The lowest BCUT2D eigenvalue weighted by Gasteiger charge is -2.29. The van der Waals surface area contributed by atoms with Crippen LogP contribution in [-0.4, -0.2) is 41.0 Å². The molecule has 2 aromatic rings. The molecule has 2 amide bonds. The maximum Gasteiger partial charge on any atom is 0.253 e. The van der Waals surface area contributed by atoms with Crippen molar-refractivity contribution >= 4 is 17.5 Å². The second-order valence-corrected chi connectivity index (χ2v) is 7.54. The lowest BCUT2D eigenvalue weighted by atomic mass is 9.90. The molecule has 0 N–H and O–H groups in total. The summed E-state index contributed by atoms with van der Waals surface area (Å²) in [5.41, 5.74) is 3.00. The van der Waals surface area contributed by atoms with Gasteiger partial charge >= 0.3 is 0 Å². The van der Waals surface area contributed by atoms with Crippen LogP contribution in [-0.2, 0) is 16.0 Å². The standard InChI is InChI=1S/C22H23N3O2/c1-2-15-9-11-17(12-10-15)25-21(26)18-19(16-7-4-3-5-8-16)23-13-6-14-24(23)20(18)22(25)27/h3-5,7-12,18-20H,2,6,13-14H2,1H3/t18-,19+,20-/m0/s1. The topological polar surface area (TPSA) is 43.9 Å². The van der Waals surface area contributed by atoms with Crippen molar-refractivity contribution in [2.24, 2.45) is 5.92 Å². The van der Waals surface area contributed by atoms with Gasteiger partial charge in [-0.2, -0.15) is 0 Å². The Morgan fingerprint density at radius 2 is 1.52 bits per heavy atom. The predicted octanol–water partition coefficient (Wildman–Crippen LogP) is 2.78. The summed E-state index contributed by atoms with van der Waals surface area (Å²) >= 11 is 0. The molecule has 3 aliphatic heterocycles. The number of benzene rings is 2. The quantitative estimate of drug-likeness (QED) is 0.789. The molecule has 3 atom stereocenters. The van der Waals surface area contributed by atoms with Crippen LogP contribution in [0.2, 0.25) is 0 Å². The van der Waals surface area contributed by atoms with Crippen LogP contribution in [0.1, 0.15) is 30.5 Å². The summed E-state index contributed by atoms with van der Waals surface area (Å²) in [4.78, 5) is 28.1. The summed E-state index contributed by atoms with van der Waals surface area (Å²) in [6.07, 6.45) is 1.96. The molecule has 0 aromatic heterocycles. The van der Waals surface area contributed by atoms with Crippen LogP contribution in [0.25, 0.3) is 0 Å². The SMILES string of the molecule is CCc1ccc(N2C(=O)[C@@H]3[C@@H](C2=O)N2CCCN2[C@@H]3c2ccccc2)cc1. The van der Waals surface area contributed by atoms with Crippen molar-refractivity contribution in [3.8, 4) is 0 Å². The molecular formula is C22H23N3O2. The lowest BCUT2D eigenvalue weighted by molar-refractivity contribution is -0.126. The predicted molar refractivity (Wildman–Crippen MR) is 103 cm³/mol. The Bertz CT molecular complexity index is 880. The van der Waals surface area contributed by atoms with E-state index in [1.165, 1.54) is 10.5 Å². The van der Waals surface area contributed by atoms with Crippen molar-refractivity contribution in [3.63, 3.8) is 0 Å². The Kier molecular flexibility index (Phi) is 3.88. The third kappa shape index (κ3) is 2.38. The van der Waals surface area contributed by atoms with Crippen LogP contribution in [0.3, 0.4) is 0 Å². The van der Waals surface area contributed by atoms with Gasteiger partial charge in [-0.25, -0.2) is 14.9 Å². The molecule has 2 aromatic carbocycles. The Balaban J connectivity index is 1.55. The first-order valence-electron chi connectivity index (χ1n) is 9.75. The minimum atomic E-state index is -0.379. The van der Waals surface area contributed by atoms with E-state index in [4.69, 9.17) is 0 Å². The van der Waals surface area contributed by atoms with Crippen LogP contribution in [0, 0.1) is 5.92 Å². The molecule has 3 aliphatic rings. The molecule has 0 aliphatic carbocycles. The first kappa shape index (κ1) is 16.7. The first-order valence-corrected chi connectivity index (χ1v) is 9.75. The minimum Gasteiger partial charge on any atom is -0.274 e. The number of carbonyl (C=O) groups is 2. The lowest BCUT2D eigenvalue weighted by Crippen LogP contribution is -2.44. The zero-order valence-electron chi connectivity index (χ0n) is 15.4. The van der Waals surface area contributed by atoms with Gasteiger partial charge < -0.3 is 0 Å². The van der Waals surface area contributed by atoms with E-state index >= 15 is 0 Å². The van der Waals surface area contributed by atoms with Crippen molar-refractivity contribution in [2.45, 2.75) is 31.8 Å². The van der Waals surface area contributed by atoms with Crippen molar-refractivity contribution in [1.29, 1.82) is 0 Å². The third-order valence-corrected chi connectivity index (χ3v) is 6.15. The van der Waals surface area contributed by atoms with E-state index in [-0.39, 0.29) is 29.8 Å². The summed E-state index contributed by atoms with van der Waals surface area (Å²) in [5, 5.41) is 4.39. The van der Waals surface area contributed by atoms with E-state index in [2.05, 4.69) is 29.1 Å². The van der Waals surface area contributed by atoms with Gasteiger partial charge in [-0.15, -0.1) is 0 Å². The van der Waals surface area contributed by atoms with Crippen LogP contribution in [0.4, 0.5) is 5.69 Å². The van der Waals surface area contributed by atoms with E-state index in [1.54, 1.807) is 0 Å². The minimum absolute atomic E-state index is 0.0601. The molecule has 0 bridgehead atoms. The highest BCUT2D eigenvalue weighted by atomic mass is 16.2. The number of fused-ring (bicyclic) bond motifs is 3. The average molecular weight is 361 g/mol. The molecule has 5 nitrogen and oxygen atoms in total. The number of hydrazine groups is 1. The van der Waals surface area contributed by atoms with Crippen LogP contribution >= 0.6 is 0 Å². The molecule has 0 radical (unpaired) electrons. The zero-order valence-corrected chi connectivity index (χ0v) is 15.4. The molecular weight excluding hydrogens is 338 g/mol. The van der Waals surface area contributed by atoms with Crippen molar-refractivity contribution in [3.05, 3.63) is 65.7 Å².